The van der Waals surface area contributed by atoms with Gasteiger partial charge in [0.1, 0.15) is 5.75 Å². The predicted molar refractivity (Wildman–Crippen MR) is 103 cm³/mol. The van der Waals surface area contributed by atoms with Crippen molar-refractivity contribution in [3.05, 3.63) is 65.9 Å². The van der Waals surface area contributed by atoms with E-state index in [2.05, 4.69) is 10.5 Å². The third-order valence-electron chi connectivity index (χ3n) is 3.93. The molecule has 0 saturated heterocycles. The van der Waals surface area contributed by atoms with Crippen molar-refractivity contribution in [2.75, 3.05) is 19.0 Å². The summed E-state index contributed by atoms with van der Waals surface area (Å²) in [5.41, 5.74) is 1.78. The first-order chi connectivity index (χ1) is 13.6. The fraction of sp³-hybridized carbons (Fsp3) is 0.190. The average molecular weight is 380 g/mol. The van der Waals surface area contributed by atoms with Crippen molar-refractivity contribution in [2.24, 2.45) is 0 Å². The molecule has 28 heavy (non-hydrogen) atoms. The fourth-order valence-electron chi connectivity index (χ4n) is 2.52. The molecule has 1 amide bonds. The molecule has 0 aliphatic rings. The maximum atomic E-state index is 12.4. The Balaban J connectivity index is 1.69. The van der Waals surface area contributed by atoms with E-state index in [1.165, 1.54) is 0 Å². The maximum absolute atomic E-state index is 12.4. The number of para-hydroxylation sites is 1. The lowest BCUT2D eigenvalue weighted by molar-refractivity contribution is 0.0505. The molecule has 0 spiro atoms. The lowest BCUT2D eigenvalue weighted by Gasteiger charge is -2.05. The molecule has 0 unspecified atom stereocenters. The van der Waals surface area contributed by atoms with E-state index in [4.69, 9.17) is 14.0 Å². The molecule has 2 aromatic carbocycles. The highest BCUT2D eigenvalue weighted by atomic mass is 16.5. The number of carbonyl (C=O) groups excluding carboxylic acids is 2. The van der Waals surface area contributed by atoms with E-state index in [0.717, 1.165) is 6.42 Å². The molecule has 0 fully saturated rings. The van der Waals surface area contributed by atoms with Crippen LogP contribution in [-0.2, 0) is 4.74 Å². The summed E-state index contributed by atoms with van der Waals surface area (Å²) in [6.45, 7) is 2.30. The number of carbonyl (C=O) groups is 2. The summed E-state index contributed by atoms with van der Waals surface area (Å²) in [5, 5.41) is 6.54. The molecule has 0 bridgehead atoms. The van der Waals surface area contributed by atoms with Crippen molar-refractivity contribution in [1.82, 2.24) is 5.16 Å². The third kappa shape index (κ3) is 4.37. The molecule has 1 heterocycles. The summed E-state index contributed by atoms with van der Waals surface area (Å²) in [7, 11) is 1.56. The number of hydrogen-bond donors (Lipinski definition) is 1. The Kier molecular flexibility index (Phi) is 6.06. The molecule has 3 rings (SSSR count). The lowest BCUT2D eigenvalue weighted by Crippen LogP contribution is -2.12. The van der Waals surface area contributed by atoms with Crippen LogP contribution in [0, 0.1) is 0 Å². The van der Waals surface area contributed by atoms with Gasteiger partial charge in [-0.1, -0.05) is 24.2 Å². The van der Waals surface area contributed by atoms with E-state index < -0.39 is 11.9 Å². The summed E-state index contributed by atoms with van der Waals surface area (Å²) in [6, 6.07) is 15.3. The fourth-order valence-corrected chi connectivity index (χ4v) is 2.52. The van der Waals surface area contributed by atoms with Crippen molar-refractivity contribution in [3.63, 3.8) is 0 Å². The Hall–Kier alpha value is -3.61. The highest BCUT2D eigenvalue weighted by molar-refractivity contribution is 6.03. The van der Waals surface area contributed by atoms with Gasteiger partial charge in [-0.15, -0.1) is 0 Å². The molecule has 3 aromatic rings. The van der Waals surface area contributed by atoms with Gasteiger partial charge < -0.3 is 19.3 Å². The van der Waals surface area contributed by atoms with Crippen LogP contribution in [0.2, 0.25) is 0 Å². The summed E-state index contributed by atoms with van der Waals surface area (Å²) < 4.78 is 15.7. The number of esters is 1. The third-order valence-corrected chi connectivity index (χ3v) is 3.93. The molecule has 7 heteroatoms. The normalized spacial score (nSPS) is 10.4. The van der Waals surface area contributed by atoms with E-state index in [1.54, 1.807) is 43.5 Å². The van der Waals surface area contributed by atoms with Crippen LogP contribution in [-0.4, -0.2) is 30.7 Å². The van der Waals surface area contributed by atoms with Crippen molar-refractivity contribution >= 4 is 17.6 Å². The number of anilines is 1. The van der Waals surface area contributed by atoms with Gasteiger partial charge in [0, 0.05) is 11.8 Å². The zero-order valence-electron chi connectivity index (χ0n) is 15.6. The van der Waals surface area contributed by atoms with E-state index in [9.17, 15) is 9.59 Å². The number of rotatable bonds is 7. The number of methoxy groups -OCH3 is 1. The SMILES string of the molecule is CCCOC(=O)c1ccc(NC(=O)c2cc(-c3ccccc3OC)on2)cc1. The van der Waals surface area contributed by atoms with Crippen molar-refractivity contribution in [3.8, 4) is 17.1 Å². The van der Waals surface area contributed by atoms with Crippen LogP contribution >= 0.6 is 0 Å². The number of nitrogens with one attached hydrogen (secondary N) is 1. The van der Waals surface area contributed by atoms with Crippen LogP contribution in [0.4, 0.5) is 5.69 Å². The highest BCUT2D eigenvalue weighted by Crippen LogP contribution is 2.30. The first-order valence-electron chi connectivity index (χ1n) is 8.81. The number of benzene rings is 2. The molecule has 7 nitrogen and oxygen atoms in total. The second-order valence-corrected chi connectivity index (χ2v) is 5.94. The van der Waals surface area contributed by atoms with Gasteiger partial charge >= 0.3 is 5.97 Å². The molecule has 1 N–H and O–H groups in total. The molecule has 1 aromatic heterocycles. The van der Waals surface area contributed by atoms with Crippen LogP contribution in [0.15, 0.2) is 59.1 Å². The Morgan fingerprint density at radius 1 is 1.11 bits per heavy atom. The molecule has 0 radical (unpaired) electrons. The molecule has 144 valence electrons. The monoisotopic (exact) mass is 380 g/mol. The van der Waals surface area contributed by atoms with Crippen molar-refractivity contribution < 1.29 is 23.6 Å². The topological polar surface area (TPSA) is 90.7 Å². The van der Waals surface area contributed by atoms with Crippen LogP contribution in [0.25, 0.3) is 11.3 Å². The minimum Gasteiger partial charge on any atom is -0.496 e. The van der Waals surface area contributed by atoms with Crippen LogP contribution in [0.1, 0.15) is 34.2 Å². The van der Waals surface area contributed by atoms with E-state index >= 15 is 0 Å². The zero-order valence-corrected chi connectivity index (χ0v) is 15.6. The Labute approximate surface area is 162 Å². The van der Waals surface area contributed by atoms with Crippen LogP contribution < -0.4 is 10.1 Å². The maximum Gasteiger partial charge on any atom is 0.338 e. The van der Waals surface area contributed by atoms with Gasteiger partial charge in [0.15, 0.2) is 11.5 Å². The number of aromatic nitrogens is 1. The minimum atomic E-state index is -0.425. The van der Waals surface area contributed by atoms with Crippen LogP contribution in [0.5, 0.6) is 5.75 Å². The Morgan fingerprint density at radius 3 is 2.57 bits per heavy atom. The van der Waals surface area contributed by atoms with Gasteiger partial charge in [0.25, 0.3) is 5.91 Å². The largest absolute Gasteiger partial charge is 0.496 e. The smallest absolute Gasteiger partial charge is 0.338 e. The second kappa shape index (κ2) is 8.85. The molecular weight excluding hydrogens is 360 g/mol. The summed E-state index contributed by atoms with van der Waals surface area (Å²) >= 11 is 0. The molecular formula is C21H20N2O5. The van der Waals surface area contributed by atoms with E-state index in [-0.39, 0.29) is 5.69 Å². The second-order valence-electron chi connectivity index (χ2n) is 5.94. The van der Waals surface area contributed by atoms with Gasteiger partial charge in [0.2, 0.25) is 0 Å². The van der Waals surface area contributed by atoms with Crippen LogP contribution in [0.3, 0.4) is 0 Å². The van der Waals surface area contributed by atoms with Gasteiger partial charge in [0.05, 0.1) is 24.8 Å². The number of nitrogens with zero attached hydrogens (tertiary/aromatic N) is 1. The average Bonchev–Trinajstić information content (AvgIpc) is 3.22. The number of hydrogen-bond acceptors (Lipinski definition) is 6. The summed E-state index contributed by atoms with van der Waals surface area (Å²) in [4.78, 5) is 24.2. The van der Waals surface area contributed by atoms with E-state index in [1.807, 2.05) is 25.1 Å². The number of amides is 1. The first-order valence-corrected chi connectivity index (χ1v) is 8.81. The quantitative estimate of drug-likeness (QED) is 0.619. The highest BCUT2D eigenvalue weighted by Gasteiger charge is 2.16. The first kappa shape index (κ1) is 19.2. The standard InChI is InChI=1S/C21H20N2O5/c1-3-12-27-21(25)14-8-10-15(11-9-14)22-20(24)17-13-19(28-23-17)16-6-4-5-7-18(16)26-2/h4-11,13H,3,12H2,1-2H3,(H,22,24). The predicted octanol–water partition coefficient (Wildman–Crippen LogP) is 4.17. The Morgan fingerprint density at radius 2 is 1.86 bits per heavy atom. The van der Waals surface area contributed by atoms with Gasteiger partial charge in [-0.3, -0.25) is 4.79 Å². The zero-order chi connectivity index (χ0) is 19.9. The molecule has 0 atom stereocenters. The number of ether oxygens (including phenoxy) is 2. The molecule has 0 saturated carbocycles. The minimum absolute atomic E-state index is 0.132. The Bertz CT molecular complexity index is 963. The summed E-state index contributed by atoms with van der Waals surface area (Å²) in [5.74, 6) is 0.233. The van der Waals surface area contributed by atoms with E-state index in [0.29, 0.717) is 34.9 Å². The van der Waals surface area contributed by atoms with Gasteiger partial charge in [-0.2, -0.15) is 0 Å². The molecule has 0 aliphatic carbocycles. The summed E-state index contributed by atoms with van der Waals surface area (Å²) in [6.07, 6.45) is 0.758. The molecule has 0 aliphatic heterocycles. The van der Waals surface area contributed by atoms with Gasteiger partial charge in [-0.25, -0.2) is 4.79 Å². The van der Waals surface area contributed by atoms with Gasteiger partial charge in [-0.05, 0) is 42.8 Å². The van der Waals surface area contributed by atoms with Crippen molar-refractivity contribution in [1.29, 1.82) is 0 Å². The van der Waals surface area contributed by atoms with Crippen molar-refractivity contribution in [2.45, 2.75) is 13.3 Å². The lowest BCUT2D eigenvalue weighted by atomic mass is 10.1.